The molecule has 0 fully saturated rings. The molecule has 0 aliphatic rings. The molecule has 0 N–H and O–H groups in total. The minimum atomic E-state index is 0. The van der Waals surface area contributed by atoms with Gasteiger partial charge in [0.2, 0.25) is 0 Å². The van der Waals surface area contributed by atoms with Gasteiger partial charge >= 0.3 is 59.1 Å². The molecule has 0 heterocycles. The predicted octanol–water partition coefficient (Wildman–Crippen LogP) is 12.9. The Morgan fingerprint density at radius 1 is 0.280 bits per heavy atom. The maximum absolute atomic E-state index is 2.48. The summed E-state index contributed by atoms with van der Waals surface area (Å²) in [6.07, 6.45) is 60.4. The molecule has 0 rings (SSSR count). The minimum Gasteiger partial charge on any atom is -1.00 e. The molecule has 294 valence electrons. The molecule has 1 unspecified atom stereocenters. The van der Waals surface area contributed by atoms with Crippen LogP contribution in [0, 0.1) is 11.3 Å². The summed E-state index contributed by atoms with van der Waals surface area (Å²) in [5, 5.41) is 0. The van der Waals surface area contributed by atoms with Crippen LogP contribution in [0.25, 0.3) is 0 Å². The van der Waals surface area contributed by atoms with Crippen molar-refractivity contribution < 1.29 is 62.0 Å². The average Bonchev–Trinajstić information content (AvgIpc) is 3.10. The van der Waals surface area contributed by atoms with Gasteiger partial charge in [0.1, 0.15) is 0 Å². The van der Waals surface area contributed by atoms with Crippen molar-refractivity contribution in [2.45, 2.75) is 298 Å². The Morgan fingerprint density at radius 3 is 0.720 bits per heavy atom. The maximum Gasteiger partial charge on any atom is 1.00 e. The van der Waals surface area contributed by atoms with E-state index in [1.165, 1.54) is 263 Å². The van der Waals surface area contributed by atoms with E-state index in [1.54, 1.807) is 0 Å². The normalized spacial score (nSPS) is 12.2. The van der Waals surface area contributed by atoms with Gasteiger partial charge < -0.3 is 2.85 Å². The first-order chi connectivity index (χ1) is 23.7. The molecular weight excluding hydrogens is 623 g/mol. The van der Waals surface area contributed by atoms with Crippen molar-refractivity contribution in [3.8, 4) is 0 Å². The van der Waals surface area contributed by atoms with E-state index in [-0.39, 0.29) is 62.0 Å². The van der Waals surface area contributed by atoms with Crippen LogP contribution >= 0.6 is 0 Å². The SMILES string of the molecule is CCCCCCCCCCCCCC(CCCCCC)CCCCCCCCCCC(CC)(CC)CCCCCCCCCCCCC.[H-].[H-].[Na+].[Na+]. The molecule has 0 amide bonds. The first-order valence-corrected chi connectivity index (χ1v) is 23.7. The van der Waals surface area contributed by atoms with Crippen molar-refractivity contribution >= 4 is 0 Å². The Bertz CT molecular complexity index is 583. The summed E-state index contributed by atoms with van der Waals surface area (Å²) in [7, 11) is 0. The summed E-state index contributed by atoms with van der Waals surface area (Å²) in [5.41, 5.74) is 0.653. The van der Waals surface area contributed by atoms with E-state index in [4.69, 9.17) is 0 Å². The maximum atomic E-state index is 2.48. The fraction of sp³-hybridized carbons (Fsp3) is 1.00. The van der Waals surface area contributed by atoms with Gasteiger partial charge in [-0.05, 0) is 24.2 Å². The van der Waals surface area contributed by atoms with E-state index in [0.717, 1.165) is 5.92 Å². The topological polar surface area (TPSA) is 0 Å². The van der Waals surface area contributed by atoms with Gasteiger partial charge in [0.25, 0.3) is 0 Å². The van der Waals surface area contributed by atoms with Gasteiger partial charge in [-0.15, -0.1) is 0 Å². The Balaban J connectivity index is -0.00000184. The zero-order valence-corrected chi connectivity index (χ0v) is 41.1. The van der Waals surface area contributed by atoms with E-state index in [9.17, 15) is 0 Å². The molecule has 0 radical (unpaired) electrons. The van der Waals surface area contributed by atoms with Crippen LogP contribution in [0.4, 0.5) is 0 Å². The average molecular weight is 723 g/mol. The summed E-state index contributed by atoms with van der Waals surface area (Å²) in [6.45, 7) is 12.0. The van der Waals surface area contributed by atoms with Gasteiger partial charge in [0.05, 0.1) is 0 Å². The first kappa shape index (κ1) is 56.3. The molecule has 0 aromatic heterocycles. The van der Waals surface area contributed by atoms with Crippen molar-refractivity contribution in [2.24, 2.45) is 11.3 Å². The molecular formula is C48H100Na2. The van der Waals surface area contributed by atoms with Crippen molar-refractivity contribution in [3.05, 3.63) is 0 Å². The molecule has 2 heteroatoms. The third kappa shape index (κ3) is 39.7. The van der Waals surface area contributed by atoms with Crippen molar-refractivity contribution in [3.63, 3.8) is 0 Å². The molecule has 0 aromatic rings. The third-order valence-electron chi connectivity index (χ3n) is 12.6. The van der Waals surface area contributed by atoms with Crippen LogP contribution in [0.3, 0.4) is 0 Å². The molecule has 0 nitrogen and oxygen atoms in total. The molecule has 1 atom stereocenters. The quantitative estimate of drug-likeness (QED) is 0.0435. The minimum absolute atomic E-state index is 0. The summed E-state index contributed by atoms with van der Waals surface area (Å²) in [4.78, 5) is 0. The number of hydrogen-bond acceptors (Lipinski definition) is 0. The molecule has 0 saturated carbocycles. The van der Waals surface area contributed by atoms with Gasteiger partial charge in [-0.3, -0.25) is 0 Å². The summed E-state index contributed by atoms with van der Waals surface area (Å²) in [6, 6.07) is 0. The smallest absolute Gasteiger partial charge is 1.00 e. The van der Waals surface area contributed by atoms with E-state index in [1.807, 2.05) is 0 Å². The molecule has 0 bridgehead atoms. The van der Waals surface area contributed by atoms with E-state index >= 15 is 0 Å². The van der Waals surface area contributed by atoms with E-state index in [0.29, 0.717) is 5.41 Å². The Labute approximate surface area is 368 Å². The van der Waals surface area contributed by atoms with Crippen molar-refractivity contribution in [2.75, 3.05) is 0 Å². The number of hydrogen-bond donors (Lipinski definition) is 0. The van der Waals surface area contributed by atoms with Gasteiger partial charge in [0.15, 0.2) is 0 Å². The first-order valence-electron chi connectivity index (χ1n) is 23.7. The summed E-state index contributed by atoms with van der Waals surface area (Å²) < 4.78 is 0. The van der Waals surface area contributed by atoms with Gasteiger partial charge in [-0.2, -0.15) is 0 Å². The Kier molecular flexibility index (Phi) is 53.1. The standard InChI is InChI=1S/C48H98.2Na.2H/c1-6-11-14-17-19-21-23-25-29-33-38-43-47(42-37-16-13-8-3)44-39-34-30-26-28-32-36-41-46-48(9-4,10-5)45-40-35-31-27-24-22-20-18-15-12-7-2;;;;/h47H,6-46H2,1-5H3;;;;/q;2*+1;2*-1. The van der Waals surface area contributed by atoms with E-state index in [2.05, 4.69) is 34.6 Å². The molecule has 0 aliphatic heterocycles. The fourth-order valence-electron chi connectivity index (χ4n) is 8.63. The van der Waals surface area contributed by atoms with Crippen LogP contribution in [0.2, 0.25) is 0 Å². The Hall–Kier alpha value is 2.00. The Morgan fingerprint density at radius 2 is 0.480 bits per heavy atom. The monoisotopic (exact) mass is 723 g/mol. The largest absolute Gasteiger partial charge is 1.00 e. The zero-order valence-electron chi connectivity index (χ0n) is 39.1. The van der Waals surface area contributed by atoms with Crippen molar-refractivity contribution in [1.82, 2.24) is 0 Å². The van der Waals surface area contributed by atoms with Crippen LogP contribution in [0.1, 0.15) is 301 Å². The number of unbranched alkanes of at least 4 members (excludes halogenated alkanes) is 30. The van der Waals surface area contributed by atoms with Gasteiger partial charge in [0, 0.05) is 0 Å². The molecule has 0 aliphatic carbocycles. The van der Waals surface area contributed by atoms with Gasteiger partial charge in [-0.25, -0.2) is 0 Å². The zero-order chi connectivity index (χ0) is 35.1. The fourth-order valence-corrected chi connectivity index (χ4v) is 8.63. The van der Waals surface area contributed by atoms with Crippen LogP contribution < -0.4 is 59.1 Å². The van der Waals surface area contributed by atoms with Crippen LogP contribution in [0.15, 0.2) is 0 Å². The second kappa shape index (κ2) is 47.2. The van der Waals surface area contributed by atoms with Crippen LogP contribution in [0.5, 0.6) is 0 Å². The molecule has 0 aromatic carbocycles. The molecule has 50 heavy (non-hydrogen) atoms. The number of rotatable bonds is 42. The second-order valence-electron chi connectivity index (χ2n) is 16.9. The van der Waals surface area contributed by atoms with Crippen LogP contribution in [-0.4, -0.2) is 0 Å². The van der Waals surface area contributed by atoms with Gasteiger partial charge in [-0.1, -0.05) is 285 Å². The van der Waals surface area contributed by atoms with Crippen molar-refractivity contribution in [1.29, 1.82) is 0 Å². The van der Waals surface area contributed by atoms with E-state index < -0.39 is 0 Å². The molecule has 0 spiro atoms. The van der Waals surface area contributed by atoms with Crippen LogP contribution in [-0.2, 0) is 0 Å². The second-order valence-corrected chi connectivity index (χ2v) is 16.9. The summed E-state index contributed by atoms with van der Waals surface area (Å²) >= 11 is 0. The summed E-state index contributed by atoms with van der Waals surface area (Å²) in [5.74, 6) is 1.03. The predicted molar refractivity (Wildman–Crippen MR) is 226 cm³/mol. The third-order valence-corrected chi connectivity index (χ3v) is 12.6. The molecule has 0 saturated heterocycles.